The second-order valence-corrected chi connectivity index (χ2v) is 7.11. The van der Waals surface area contributed by atoms with Gasteiger partial charge in [-0.1, -0.05) is 48.5 Å². The summed E-state index contributed by atoms with van der Waals surface area (Å²) in [5, 5.41) is 3.85. The van der Waals surface area contributed by atoms with Gasteiger partial charge < -0.3 is 15.0 Å². The van der Waals surface area contributed by atoms with Crippen LogP contribution in [0.2, 0.25) is 0 Å². The number of hydrogen-bond acceptors (Lipinski definition) is 3. The number of ether oxygens (including phenoxy) is 1. The predicted octanol–water partition coefficient (Wildman–Crippen LogP) is 5.75. The van der Waals surface area contributed by atoms with Crippen LogP contribution in [0.4, 0.5) is 18.9 Å². The zero-order chi connectivity index (χ0) is 22.1. The number of fused-ring (bicyclic) bond motifs is 1. The van der Waals surface area contributed by atoms with Crippen molar-refractivity contribution < 1.29 is 22.7 Å². The van der Waals surface area contributed by atoms with Crippen LogP contribution in [0.15, 0.2) is 79.0 Å². The van der Waals surface area contributed by atoms with Gasteiger partial charge in [-0.2, -0.15) is 13.2 Å². The van der Waals surface area contributed by atoms with Crippen LogP contribution in [-0.4, -0.2) is 18.4 Å². The molecule has 0 spiro atoms. The number of rotatable bonds is 6. The van der Waals surface area contributed by atoms with Crippen molar-refractivity contribution in [2.75, 3.05) is 12.4 Å². The highest BCUT2D eigenvalue weighted by atomic mass is 19.4. The van der Waals surface area contributed by atoms with E-state index in [4.69, 9.17) is 4.74 Å². The molecule has 0 aliphatic rings. The number of aldehydes is 1. The summed E-state index contributed by atoms with van der Waals surface area (Å²) in [6.45, 7) is 0. The SMILES string of the molecule is COc1cc(NC(C=O)(c2ccccc2)c2c[nH]c3ccccc23)cc(C(F)(F)F)c1. The molecule has 0 bridgehead atoms. The molecule has 2 N–H and O–H groups in total. The maximum Gasteiger partial charge on any atom is 0.416 e. The molecule has 4 nitrogen and oxygen atoms in total. The number of aromatic nitrogens is 1. The molecule has 1 unspecified atom stereocenters. The number of nitrogens with one attached hydrogen (secondary N) is 2. The van der Waals surface area contributed by atoms with E-state index in [1.807, 2.05) is 30.3 Å². The van der Waals surface area contributed by atoms with Crippen LogP contribution in [0.5, 0.6) is 5.75 Å². The van der Waals surface area contributed by atoms with E-state index in [2.05, 4.69) is 10.3 Å². The highest BCUT2D eigenvalue weighted by molar-refractivity contribution is 5.92. The molecule has 158 valence electrons. The zero-order valence-electron chi connectivity index (χ0n) is 16.5. The summed E-state index contributed by atoms with van der Waals surface area (Å²) in [5.41, 5.74) is -0.209. The Morgan fingerprint density at radius 3 is 2.32 bits per heavy atom. The number of carbonyl (C=O) groups is 1. The number of H-pyrrole nitrogens is 1. The Morgan fingerprint density at radius 1 is 0.935 bits per heavy atom. The van der Waals surface area contributed by atoms with Crippen LogP contribution < -0.4 is 10.1 Å². The number of benzene rings is 3. The first-order chi connectivity index (χ1) is 14.9. The summed E-state index contributed by atoms with van der Waals surface area (Å²) in [6, 6.07) is 19.6. The molecule has 3 aromatic carbocycles. The molecular formula is C24H19F3N2O2. The lowest BCUT2D eigenvalue weighted by Crippen LogP contribution is -2.38. The van der Waals surface area contributed by atoms with E-state index in [0.717, 1.165) is 23.0 Å². The third-order valence-corrected chi connectivity index (χ3v) is 5.23. The molecular weight excluding hydrogens is 405 g/mol. The molecule has 31 heavy (non-hydrogen) atoms. The third-order valence-electron chi connectivity index (χ3n) is 5.23. The topological polar surface area (TPSA) is 54.1 Å². The fourth-order valence-corrected chi connectivity index (χ4v) is 3.74. The Bertz CT molecular complexity index is 1220. The quantitative estimate of drug-likeness (QED) is 0.388. The lowest BCUT2D eigenvalue weighted by atomic mass is 9.83. The summed E-state index contributed by atoms with van der Waals surface area (Å²) in [7, 11) is 1.29. The van der Waals surface area contributed by atoms with Crippen LogP contribution >= 0.6 is 0 Å². The van der Waals surface area contributed by atoms with Gasteiger partial charge in [-0.15, -0.1) is 0 Å². The van der Waals surface area contributed by atoms with E-state index in [-0.39, 0.29) is 11.4 Å². The Kier molecular flexibility index (Phi) is 5.19. The van der Waals surface area contributed by atoms with Crippen LogP contribution in [0.25, 0.3) is 10.9 Å². The average molecular weight is 424 g/mol. The van der Waals surface area contributed by atoms with E-state index in [0.29, 0.717) is 17.4 Å². The number of hydrogen-bond donors (Lipinski definition) is 2. The summed E-state index contributed by atoms with van der Waals surface area (Å²) in [5.74, 6) is 0.0316. The minimum atomic E-state index is -4.57. The van der Waals surface area contributed by atoms with Gasteiger partial charge in [0.15, 0.2) is 6.29 Å². The average Bonchev–Trinajstić information content (AvgIpc) is 3.22. The molecule has 1 heterocycles. The Balaban J connectivity index is 1.94. The maximum atomic E-state index is 13.4. The molecule has 0 radical (unpaired) electrons. The van der Waals surface area contributed by atoms with Gasteiger partial charge in [0.25, 0.3) is 0 Å². The summed E-state index contributed by atoms with van der Waals surface area (Å²) in [6.07, 6.45) is -2.16. The first-order valence-electron chi connectivity index (χ1n) is 9.50. The van der Waals surface area contributed by atoms with Crippen molar-refractivity contribution in [3.63, 3.8) is 0 Å². The standard InChI is InChI=1S/C24H19F3N2O2/c1-31-19-12-17(24(25,26)27)11-18(13-19)29-23(15-30,16-7-3-2-4-8-16)21-14-28-22-10-6-5-9-20(21)22/h2-15,28-29H,1H3. The van der Waals surface area contributed by atoms with E-state index in [1.54, 1.807) is 30.5 Å². The second-order valence-electron chi connectivity index (χ2n) is 7.11. The minimum absolute atomic E-state index is 0.0316. The van der Waals surface area contributed by atoms with Crippen LogP contribution in [0.3, 0.4) is 0 Å². The first-order valence-corrected chi connectivity index (χ1v) is 9.50. The van der Waals surface area contributed by atoms with E-state index in [1.165, 1.54) is 13.2 Å². The van der Waals surface area contributed by atoms with Gasteiger partial charge in [0, 0.05) is 34.4 Å². The highest BCUT2D eigenvalue weighted by Gasteiger charge is 2.38. The number of alkyl halides is 3. The van der Waals surface area contributed by atoms with E-state index < -0.39 is 17.3 Å². The monoisotopic (exact) mass is 424 g/mol. The smallest absolute Gasteiger partial charge is 0.416 e. The van der Waals surface area contributed by atoms with Crippen molar-refractivity contribution in [1.82, 2.24) is 4.98 Å². The number of para-hydroxylation sites is 1. The van der Waals surface area contributed by atoms with E-state index >= 15 is 0 Å². The molecule has 0 amide bonds. The number of methoxy groups -OCH3 is 1. The number of halogens is 3. The molecule has 4 aromatic rings. The number of anilines is 1. The molecule has 4 rings (SSSR count). The zero-order valence-corrected chi connectivity index (χ0v) is 16.5. The molecule has 0 saturated heterocycles. The lowest BCUT2D eigenvalue weighted by molar-refractivity contribution is -0.137. The molecule has 0 aliphatic heterocycles. The Labute approximate surface area is 176 Å². The largest absolute Gasteiger partial charge is 0.497 e. The molecule has 1 atom stereocenters. The second kappa shape index (κ2) is 7.83. The van der Waals surface area contributed by atoms with Crippen molar-refractivity contribution in [1.29, 1.82) is 0 Å². The lowest BCUT2D eigenvalue weighted by Gasteiger charge is -2.31. The van der Waals surface area contributed by atoms with Crippen LogP contribution in [0.1, 0.15) is 16.7 Å². The van der Waals surface area contributed by atoms with Crippen molar-refractivity contribution in [3.05, 3.63) is 95.7 Å². The van der Waals surface area contributed by atoms with Crippen molar-refractivity contribution >= 4 is 22.9 Å². The van der Waals surface area contributed by atoms with Crippen molar-refractivity contribution in [2.45, 2.75) is 11.7 Å². The summed E-state index contributed by atoms with van der Waals surface area (Å²) < 4.78 is 45.4. The van der Waals surface area contributed by atoms with Crippen LogP contribution in [0, 0.1) is 0 Å². The molecule has 7 heteroatoms. The predicted molar refractivity (Wildman–Crippen MR) is 113 cm³/mol. The highest BCUT2D eigenvalue weighted by Crippen LogP contribution is 2.39. The Hall–Kier alpha value is -3.74. The van der Waals surface area contributed by atoms with Gasteiger partial charge in [0.05, 0.1) is 12.7 Å². The molecule has 0 fully saturated rings. The summed E-state index contributed by atoms with van der Waals surface area (Å²) >= 11 is 0. The minimum Gasteiger partial charge on any atom is -0.497 e. The van der Waals surface area contributed by atoms with Gasteiger partial charge in [-0.3, -0.25) is 4.79 Å². The molecule has 0 saturated carbocycles. The fourth-order valence-electron chi connectivity index (χ4n) is 3.74. The van der Waals surface area contributed by atoms with Gasteiger partial charge in [-0.25, -0.2) is 0 Å². The van der Waals surface area contributed by atoms with E-state index in [9.17, 15) is 18.0 Å². The maximum absolute atomic E-state index is 13.4. The first kappa shape index (κ1) is 20.5. The molecule has 1 aromatic heterocycles. The third kappa shape index (κ3) is 3.74. The Morgan fingerprint density at radius 2 is 1.65 bits per heavy atom. The summed E-state index contributed by atoms with van der Waals surface area (Å²) in [4.78, 5) is 15.8. The normalized spacial score (nSPS) is 13.5. The number of carbonyl (C=O) groups excluding carboxylic acids is 1. The van der Waals surface area contributed by atoms with Crippen LogP contribution in [-0.2, 0) is 16.5 Å². The number of aromatic amines is 1. The fraction of sp³-hybridized carbons (Fsp3) is 0.125. The van der Waals surface area contributed by atoms with Gasteiger partial charge in [0.2, 0.25) is 0 Å². The van der Waals surface area contributed by atoms with Gasteiger partial charge in [0.1, 0.15) is 11.3 Å². The van der Waals surface area contributed by atoms with Gasteiger partial charge in [-0.05, 0) is 23.8 Å². The van der Waals surface area contributed by atoms with Gasteiger partial charge >= 0.3 is 6.18 Å². The molecule has 0 aliphatic carbocycles. The van der Waals surface area contributed by atoms with Crippen molar-refractivity contribution in [3.8, 4) is 5.75 Å². The van der Waals surface area contributed by atoms with Crippen molar-refractivity contribution in [2.24, 2.45) is 0 Å².